The zero-order chi connectivity index (χ0) is 24.2. The van der Waals surface area contributed by atoms with E-state index in [1.807, 2.05) is 50.4 Å². The number of rotatable bonds is 8. The maximum atomic E-state index is 13.2. The highest BCUT2D eigenvalue weighted by molar-refractivity contribution is 5.89. The van der Waals surface area contributed by atoms with Crippen LogP contribution in [0.2, 0.25) is 0 Å². The molecular weight excluding hydrogens is 432 g/mol. The van der Waals surface area contributed by atoms with Gasteiger partial charge >= 0.3 is 11.9 Å². The average Bonchev–Trinajstić information content (AvgIpc) is 3.14. The highest BCUT2D eigenvalue weighted by Crippen LogP contribution is 2.43. The number of benzene rings is 2. The molecule has 4 rings (SSSR count). The second-order valence-corrected chi connectivity index (χ2v) is 8.57. The van der Waals surface area contributed by atoms with Crippen molar-refractivity contribution < 1.29 is 23.8 Å². The molecule has 0 unspecified atom stereocenters. The van der Waals surface area contributed by atoms with Crippen LogP contribution in [-0.4, -0.2) is 48.3 Å². The number of carbonyl (C=O) groups excluding carboxylic acids is 2. The Bertz CT molecular complexity index is 1170. The molecule has 0 saturated heterocycles. The third-order valence-corrected chi connectivity index (χ3v) is 6.69. The Balaban J connectivity index is 1.87. The van der Waals surface area contributed by atoms with Gasteiger partial charge in [-0.05, 0) is 42.7 Å². The summed E-state index contributed by atoms with van der Waals surface area (Å²) in [6, 6.07) is 15.5. The molecule has 7 heteroatoms. The van der Waals surface area contributed by atoms with E-state index in [0.29, 0.717) is 26.0 Å². The molecule has 1 aliphatic rings. The van der Waals surface area contributed by atoms with Crippen molar-refractivity contribution >= 4 is 22.8 Å². The van der Waals surface area contributed by atoms with Gasteiger partial charge in [-0.2, -0.15) is 0 Å². The average molecular weight is 465 g/mol. The van der Waals surface area contributed by atoms with Gasteiger partial charge in [-0.25, -0.2) is 0 Å². The van der Waals surface area contributed by atoms with Crippen LogP contribution in [0, 0.1) is 0 Å². The SMILES string of the molecule is CCOC(=O)[C@H]1Cc2c(n(C)c3ccc(OC)cc23)[C@H](CCC(=O)OC)N1Cc1ccccc1. The standard InChI is InChI=1S/C27H32N2O5/c1-5-34-27(31)24-16-21-20-15-19(32-3)11-12-22(20)28(2)26(21)23(13-14-25(30)33-4)29(24)17-18-9-7-6-8-10-18/h6-12,15,23-24H,5,13-14,16-17H2,1-4H3/t23-,24+/m0/s1. The van der Waals surface area contributed by atoms with Crippen LogP contribution in [0.5, 0.6) is 5.75 Å². The minimum absolute atomic E-state index is 0.166. The Kier molecular flexibility index (Phi) is 7.22. The summed E-state index contributed by atoms with van der Waals surface area (Å²) >= 11 is 0. The fraction of sp³-hybridized carbons (Fsp3) is 0.407. The third-order valence-electron chi connectivity index (χ3n) is 6.69. The first-order valence-electron chi connectivity index (χ1n) is 11.7. The monoisotopic (exact) mass is 464 g/mol. The Morgan fingerprint density at radius 1 is 1.09 bits per heavy atom. The number of nitrogens with zero attached hydrogens (tertiary/aromatic N) is 2. The summed E-state index contributed by atoms with van der Waals surface area (Å²) in [5, 5.41) is 1.06. The minimum atomic E-state index is -0.466. The van der Waals surface area contributed by atoms with E-state index in [0.717, 1.165) is 33.5 Å². The van der Waals surface area contributed by atoms with Crippen LogP contribution in [-0.2, 0) is 39.1 Å². The van der Waals surface area contributed by atoms with Gasteiger partial charge in [0.25, 0.3) is 0 Å². The van der Waals surface area contributed by atoms with Gasteiger partial charge in [-0.15, -0.1) is 0 Å². The topological polar surface area (TPSA) is 70.0 Å². The fourth-order valence-corrected chi connectivity index (χ4v) is 5.10. The van der Waals surface area contributed by atoms with Gasteiger partial charge in [0, 0.05) is 43.0 Å². The zero-order valence-corrected chi connectivity index (χ0v) is 20.2. The quantitative estimate of drug-likeness (QED) is 0.466. The molecule has 0 fully saturated rings. The van der Waals surface area contributed by atoms with Crippen LogP contribution in [0.3, 0.4) is 0 Å². The van der Waals surface area contributed by atoms with Crippen molar-refractivity contribution in [1.82, 2.24) is 9.47 Å². The Labute approximate surface area is 200 Å². The summed E-state index contributed by atoms with van der Waals surface area (Å²) in [6.45, 7) is 2.71. The number of esters is 2. The molecule has 1 aromatic heterocycles. The first-order valence-corrected chi connectivity index (χ1v) is 11.7. The molecule has 0 N–H and O–H groups in total. The predicted molar refractivity (Wildman–Crippen MR) is 130 cm³/mol. The number of aryl methyl sites for hydroxylation is 1. The molecule has 2 aromatic carbocycles. The Morgan fingerprint density at radius 3 is 2.53 bits per heavy atom. The molecule has 180 valence electrons. The molecule has 0 bridgehead atoms. The molecule has 0 spiro atoms. The molecular formula is C27H32N2O5. The lowest BCUT2D eigenvalue weighted by atomic mass is 9.88. The van der Waals surface area contributed by atoms with E-state index in [1.165, 1.54) is 7.11 Å². The predicted octanol–water partition coefficient (Wildman–Crippen LogP) is 4.17. The number of methoxy groups -OCH3 is 2. The summed E-state index contributed by atoms with van der Waals surface area (Å²) in [5.74, 6) is 0.262. The number of ether oxygens (including phenoxy) is 3. The van der Waals surface area contributed by atoms with Crippen LogP contribution in [0.25, 0.3) is 10.9 Å². The highest BCUT2D eigenvalue weighted by Gasteiger charge is 2.41. The van der Waals surface area contributed by atoms with E-state index in [1.54, 1.807) is 7.11 Å². The summed E-state index contributed by atoms with van der Waals surface area (Å²) in [4.78, 5) is 27.6. The van der Waals surface area contributed by atoms with Gasteiger partial charge in [-0.3, -0.25) is 14.5 Å². The number of hydrogen-bond donors (Lipinski definition) is 0. The van der Waals surface area contributed by atoms with E-state index in [2.05, 4.69) is 21.6 Å². The molecule has 0 aliphatic carbocycles. The van der Waals surface area contributed by atoms with Gasteiger partial charge in [0.1, 0.15) is 11.8 Å². The first kappa shape index (κ1) is 23.8. The lowest BCUT2D eigenvalue weighted by molar-refractivity contribution is -0.151. The van der Waals surface area contributed by atoms with E-state index in [4.69, 9.17) is 14.2 Å². The third kappa shape index (κ3) is 4.53. The largest absolute Gasteiger partial charge is 0.497 e. The molecule has 0 saturated carbocycles. The van der Waals surface area contributed by atoms with Gasteiger partial charge in [0.15, 0.2) is 0 Å². The van der Waals surface area contributed by atoms with Crippen LogP contribution >= 0.6 is 0 Å². The highest BCUT2D eigenvalue weighted by atomic mass is 16.5. The number of carbonyl (C=O) groups is 2. The fourth-order valence-electron chi connectivity index (χ4n) is 5.10. The first-order chi connectivity index (χ1) is 16.5. The van der Waals surface area contributed by atoms with E-state index in [-0.39, 0.29) is 24.4 Å². The van der Waals surface area contributed by atoms with Gasteiger partial charge in [0.05, 0.1) is 26.9 Å². The number of fused-ring (bicyclic) bond motifs is 3. The molecule has 2 atom stereocenters. The van der Waals surface area contributed by atoms with Crippen LogP contribution < -0.4 is 4.74 Å². The molecule has 3 aromatic rings. The van der Waals surface area contributed by atoms with Crippen LogP contribution in [0.4, 0.5) is 0 Å². The number of aromatic nitrogens is 1. The molecule has 34 heavy (non-hydrogen) atoms. The van der Waals surface area contributed by atoms with Crippen molar-refractivity contribution in [2.75, 3.05) is 20.8 Å². The maximum Gasteiger partial charge on any atom is 0.323 e. The van der Waals surface area contributed by atoms with Crippen molar-refractivity contribution in [3.05, 3.63) is 65.4 Å². The zero-order valence-electron chi connectivity index (χ0n) is 20.2. The second-order valence-electron chi connectivity index (χ2n) is 8.57. The lowest BCUT2D eigenvalue weighted by Gasteiger charge is -2.41. The summed E-state index contributed by atoms with van der Waals surface area (Å²) in [5.41, 5.74) is 4.39. The molecule has 0 amide bonds. The maximum absolute atomic E-state index is 13.2. The van der Waals surface area contributed by atoms with Crippen molar-refractivity contribution in [3.63, 3.8) is 0 Å². The lowest BCUT2D eigenvalue weighted by Crippen LogP contribution is -2.49. The molecule has 1 aliphatic heterocycles. The number of hydrogen-bond acceptors (Lipinski definition) is 6. The second kappa shape index (κ2) is 10.3. The van der Waals surface area contributed by atoms with Gasteiger partial charge in [-0.1, -0.05) is 30.3 Å². The Hall–Kier alpha value is -3.32. The van der Waals surface area contributed by atoms with Crippen molar-refractivity contribution in [3.8, 4) is 5.75 Å². The van der Waals surface area contributed by atoms with Crippen molar-refractivity contribution in [2.24, 2.45) is 7.05 Å². The van der Waals surface area contributed by atoms with Gasteiger partial charge < -0.3 is 18.8 Å². The van der Waals surface area contributed by atoms with Crippen molar-refractivity contribution in [1.29, 1.82) is 0 Å². The normalized spacial score (nSPS) is 17.9. The summed E-state index contributed by atoms with van der Waals surface area (Å²) < 4.78 is 18.1. The van der Waals surface area contributed by atoms with E-state index < -0.39 is 6.04 Å². The van der Waals surface area contributed by atoms with E-state index >= 15 is 0 Å². The van der Waals surface area contributed by atoms with Crippen LogP contribution in [0.15, 0.2) is 48.5 Å². The molecule has 0 radical (unpaired) electrons. The van der Waals surface area contributed by atoms with Gasteiger partial charge in [0.2, 0.25) is 0 Å². The van der Waals surface area contributed by atoms with E-state index in [9.17, 15) is 9.59 Å². The molecule has 7 nitrogen and oxygen atoms in total. The molecule has 2 heterocycles. The summed E-state index contributed by atoms with van der Waals surface area (Å²) in [7, 11) is 5.10. The summed E-state index contributed by atoms with van der Waals surface area (Å²) in [6.07, 6.45) is 1.32. The smallest absolute Gasteiger partial charge is 0.323 e. The minimum Gasteiger partial charge on any atom is -0.497 e. The van der Waals surface area contributed by atoms with Crippen molar-refractivity contribution in [2.45, 2.75) is 44.8 Å². The Morgan fingerprint density at radius 2 is 1.85 bits per heavy atom. The van der Waals surface area contributed by atoms with Crippen LogP contribution in [0.1, 0.15) is 42.6 Å².